The van der Waals surface area contributed by atoms with Gasteiger partial charge >= 0.3 is 16.3 Å². The summed E-state index contributed by atoms with van der Waals surface area (Å²) in [4.78, 5) is 14.5. The maximum absolute atomic E-state index is 13.1. The predicted molar refractivity (Wildman–Crippen MR) is 121 cm³/mol. The third kappa shape index (κ3) is 6.44. The van der Waals surface area contributed by atoms with E-state index in [4.69, 9.17) is 13.7 Å². The quantitative estimate of drug-likeness (QED) is 0.538. The van der Waals surface area contributed by atoms with Crippen LogP contribution in [0.25, 0.3) is 10.9 Å². The van der Waals surface area contributed by atoms with Crippen LogP contribution in [-0.2, 0) is 30.4 Å². The highest BCUT2D eigenvalue weighted by Gasteiger charge is 2.35. The van der Waals surface area contributed by atoms with Gasteiger partial charge in [-0.15, -0.1) is 0 Å². The predicted octanol–water partition coefficient (Wildman–Crippen LogP) is 3.23. The van der Waals surface area contributed by atoms with Crippen LogP contribution in [0, 0.1) is 5.41 Å². The van der Waals surface area contributed by atoms with E-state index in [1.807, 2.05) is 25.1 Å². The fourth-order valence-electron chi connectivity index (χ4n) is 2.85. The Morgan fingerprint density at radius 2 is 1.77 bits per heavy atom. The number of benzene rings is 1. The van der Waals surface area contributed by atoms with E-state index in [1.165, 1.54) is 0 Å². The van der Waals surface area contributed by atoms with Crippen LogP contribution in [0.5, 0.6) is 5.75 Å². The highest BCUT2D eigenvalue weighted by Crippen LogP contribution is 2.29. The van der Waals surface area contributed by atoms with Crippen molar-refractivity contribution in [2.45, 2.75) is 46.6 Å². The number of methoxy groups -OCH3 is 1. The average Bonchev–Trinajstić information content (AvgIpc) is 3.02. The van der Waals surface area contributed by atoms with Gasteiger partial charge in [0.25, 0.3) is 0 Å². The average molecular weight is 455 g/mol. The number of rotatable bonds is 9. The maximum Gasteiger partial charge on any atom is 0.366 e. The monoisotopic (exact) mass is 454 g/mol. The van der Waals surface area contributed by atoms with Crippen molar-refractivity contribution in [3.63, 3.8) is 0 Å². The van der Waals surface area contributed by atoms with E-state index in [-0.39, 0.29) is 6.61 Å². The lowest BCUT2D eigenvalue weighted by Gasteiger charge is -2.28. The minimum Gasteiger partial charge on any atom is -0.497 e. The van der Waals surface area contributed by atoms with E-state index < -0.39 is 27.3 Å². The first-order valence-corrected chi connectivity index (χ1v) is 11.5. The number of hydrogen-bond donors (Lipinski definition) is 0. The second kappa shape index (κ2) is 9.18. The summed E-state index contributed by atoms with van der Waals surface area (Å²) >= 11 is 0. The number of esters is 1. The normalized spacial score (nSPS) is 13.1. The van der Waals surface area contributed by atoms with Gasteiger partial charge in [0.05, 0.1) is 24.6 Å². The van der Waals surface area contributed by atoms with Gasteiger partial charge in [0.15, 0.2) is 0 Å². The number of ether oxygens (including phenoxy) is 2. The minimum absolute atomic E-state index is 0.340. The van der Waals surface area contributed by atoms with Gasteiger partial charge in [0.1, 0.15) is 11.4 Å². The Morgan fingerprint density at radius 3 is 2.32 bits per heavy atom. The molecule has 0 saturated heterocycles. The number of carbonyl (C=O) groups excluding carboxylic acids is 1. The summed E-state index contributed by atoms with van der Waals surface area (Å²) in [5.74, 6) is 0.115. The van der Waals surface area contributed by atoms with Crippen LogP contribution in [0.4, 0.5) is 0 Å². The maximum atomic E-state index is 13.1. The number of likely N-dealkylation sites (N-methyl/N-ethyl adjacent to an activating group) is 1. The highest BCUT2D eigenvalue weighted by atomic mass is 32.2. The van der Waals surface area contributed by atoms with Crippen LogP contribution in [0.3, 0.4) is 0 Å². The lowest BCUT2D eigenvalue weighted by molar-refractivity contribution is -0.167. The van der Waals surface area contributed by atoms with Gasteiger partial charge in [-0.25, -0.2) is 3.97 Å². The van der Waals surface area contributed by atoms with Gasteiger partial charge in [-0.1, -0.05) is 0 Å². The number of fused-ring (bicyclic) bond motifs is 1. The molecule has 0 spiro atoms. The molecule has 0 aliphatic rings. The first kappa shape index (κ1) is 25.2. The highest BCUT2D eigenvalue weighted by molar-refractivity contribution is 7.85. The van der Waals surface area contributed by atoms with Crippen molar-refractivity contribution in [1.29, 1.82) is 0 Å². The molecule has 0 aliphatic carbocycles. The van der Waals surface area contributed by atoms with Crippen LogP contribution >= 0.6 is 0 Å². The Kier molecular flexibility index (Phi) is 7.45. The molecular weight excluding hydrogens is 420 g/mol. The molecule has 1 aromatic carbocycles. The van der Waals surface area contributed by atoms with Gasteiger partial charge in [0, 0.05) is 18.1 Å². The molecule has 31 heavy (non-hydrogen) atoms. The molecule has 8 nitrogen and oxygen atoms in total. The lowest BCUT2D eigenvalue weighted by Crippen LogP contribution is -2.37. The molecule has 0 N–H and O–H groups in total. The summed E-state index contributed by atoms with van der Waals surface area (Å²) in [5, 5.41) is 0.778. The molecule has 0 atom stereocenters. The van der Waals surface area contributed by atoms with Crippen LogP contribution < -0.4 is 4.74 Å². The molecular formula is C22H34N2O6S. The minimum atomic E-state index is -4.18. The van der Waals surface area contributed by atoms with Crippen molar-refractivity contribution >= 4 is 27.2 Å². The largest absolute Gasteiger partial charge is 0.497 e. The summed E-state index contributed by atoms with van der Waals surface area (Å²) in [6.07, 6.45) is 2.23. The lowest BCUT2D eigenvalue weighted by atomic mass is 9.95. The topological polar surface area (TPSA) is 87.1 Å². The molecule has 0 saturated carbocycles. The van der Waals surface area contributed by atoms with Crippen LogP contribution in [0.2, 0.25) is 0 Å². The SMILES string of the molecule is COc1ccc2c(c1)c(CCN(C)C)cn2S(=O)(=O)OCC(C)(C)C(=O)OC(C)(C)C. The van der Waals surface area contributed by atoms with Crippen molar-refractivity contribution in [3.8, 4) is 5.75 Å². The van der Waals surface area contributed by atoms with E-state index in [0.29, 0.717) is 17.7 Å². The number of nitrogens with zero attached hydrogens (tertiary/aromatic N) is 2. The van der Waals surface area contributed by atoms with Crippen LogP contribution in [-0.4, -0.2) is 63.2 Å². The van der Waals surface area contributed by atoms with E-state index in [0.717, 1.165) is 21.5 Å². The van der Waals surface area contributed by atoms with E-state index >= 15 is 0 Å². The molecule has 0 fully saturated rings. The van der Waals surface area contributed by atoms with Gasteiger partial charge in [0.2, 0.25) is 0 Å². The summed E-state index contributed by atoms with van der Waals surface area (Å²) in [5.41, 5.74) is -0.462. The zero-order valence-electron chi connectivity index (χ0n) is 19.7. The molecule has 0 amide bonds. The Morgan fingerprint density at radius 1 is 1.13 bits per heavy atom. The zero-order valence-corrected chi connectivity index (χ0v) is 20.5. The molecule has 0 radical (unpaired) electrons. The summed E-state index contributed by atoms with van der Waals surface area (Å²) in [7, 11) is 1.30. The zero-order chi connectivity index (χ0) is 23.6. The third-order valence-electron chi connectivity index (χ3n) is 4.65. The molecule has 9 heteroatoms. The fourth-order valence-corrected chi connectivity index (χ4v) is 4.07. The third-order valence-corrected chi connectivity index (χ3v) is 5.85. The van der Waals surface area contributed by atoms with Crippen molar-refractivity contribution in [1.82, 2.24) is 8.87 Å². The van der Waals surface area contributed by atoms with Gasteiger partial charge < -0.3 is 14.4 Å². The molecule has 0 unspecified atom stereocenters. The van der Waals surface area contributed by atoms with Crippen LogP contribution in [0.1, 0.15) is 40.2 Å². The summed E-state index contributed by atoms with van der Waals surface area (Å²) in [6, 6.07) is 5.21. The van der Waals surface area contributed by atoms with Crippen molar-refractivity contribution < 1.29 is 26.9 Å². The van der Waals surface area contributed by atoms with Crippen molar-refractivity contribution in [2.24, 2.45) is 5.41 Å². The Balaban J connectivity index is 2.35. The van der Waals surface area contributed by atoms with Crippen molar-refractivity contribution in [3.05, 3.63) is 30.0 Å². The Bertz CT molecular complexity index is 1030. The molecule has 2 rings (SSSR count). The molecule has 1 heterocycles. The van der Waals surface area contributed by atoms with Gasteiger partial charge in [-0.2, -0.15) is 8.42 Å². The fraction of sp³-hybridized carbons (Fsp3) is 0.591. The first-order valence-electron chi connectivity index (χ1n) is 10.1. The summed E-state index contributed by atoms with van der Waals surface area (Å²) < 4.78 is 43.2. The molecule has 174 valence electrons. The molecule has 2 aromatic rings. The van der Waals surface area contributed by atoms with Gasteiger partial charge in [-0.05, 0) is 78.9 Å². The Labute approximate surface area is 185 Å². The first-order chi connectivity index (χ1) is 14.2. The smallest absolute Gasteiger partial charge is 0.366 e. The molecule has 0 bridgehead atoms. The van der Waals surface area contributed by atoms with E-state index in [9.17, 15) is 13.2 Å². The molecule has 1 aromatic heterocycles. The van der Waals surface area contributed by atoms with E-state index in [1.54, 1.807) is 60.1 Å². The second-order valence-corrected chi connectivity index (χ2v) is 11.0. The number of carbonyl (C=O) groups is 1. The Hall–Kier alpha value is -2.10. The number of hydrogen-bond acceptors (Lipinski definition) is 7. The molecule has 0 aliphatic heterocycles. The number of aromatic nitrogens is 1. The second-order valence-electron chi connectivity index (χ2n) is 9.49. The van der Waals surface area contributed by atoms with Gasteiger partial charge in [-0.3, -0.25) is 8.98 Å². The van der Waals surface area contributed by atoms with E-state index in [2.05, 4.69) is 0 Å². The van der Waals surface area contributed by atoms with Crippen molar-refractivity contribution in [2.75, 3.05) is 34.4 Å². The standard InChI is InChI=1S/C22H34N2O6S/c1-21(2,3)30-20(25)22(4,5)15-29-31(26,27)24-14-16(11-12-23(6)7)18-13-17(28-8)9-10-19(18)24/h9-10,13-14H,11-12,15H2,1-8H3. The summed E-state index contributed by atoms with van der Waals surface area (Å²) in [6.45, 7) is 8.88. The van der Waals surface area contributed by atoms with Crippen LogP contribution in [0.15, 0.2) is 24.4 Å².